The predicted molar refractivity (Wildman–Crippen MR) is 93.5 cm³/mol. The van der Waals surface area contributed by atoms with Crippen LogP contribution in [-0.2, 0) is 17.8 Å². The van der Waals surface area contributed by atoms with Gasteiger partial charge in [-0.25, -0.2) is 4.98 Å². The Kier molecular flexibility index (Phi) is 4.35. The van der Waals surface area contributed by atoms with Crippen LogP contribution in [0, 0.1) is 4.77 Å². The molecule has 0 aliphatic heterocycles. The average Bonchev–Trinajstić information content (AvgIpc) is 2.95. The number of anilines is 1. The number of aromatic amines is 1. The second-order valence-corrected chi connectivity index (χ2v) is 6.42. The summed E-state index contributed by atoms with van der Waals surface area (Å²) in [5.41, 5.74) is -0.254. The molecule has 23 heavy (non-hydrogen) atoms. The molecule has 0 unspecified atom stereocenters. The van der Waals surface area contributed by atoms with E-state index in [4.69, 9.17) is 12.2 Å². The summed E-state index contributed by atoms with van der Waals surface area (Å²) in [6.07, 6.45) is 2.43. The third-order valence-electron chi connectivity index (χ3n) is 3.31. The van der Waals surface area contributed by atoms with Crippen LogP contribution in [0.1, 0.15) is 11.8 Å². The molecule has 1 amide bonds. The van der Waals surface area contributed by atoms with E-state index in [2.05, 4.69) is 15.3 Å². The van der Waals surface area contributed by atoms with Crippen molar-refractivity contribution in [1.29, 1.82) is 0 Å². The number of aromatic nitrogens is 3. The molecule has 3 aromatic heterocycles. The van der Waals surface area contributed by atoms with Gasteiger partial charge in [0.05, 0.1) is 5.39 Å². The van der Waals surface area contributed by atoms with E-state index in [9.17, 15) is 9.59 Å². The number of thiophene rings is 1. The van der Waals surface area contributed by atoms with Crippen LogP contribution in [0.3, 0.4) is 0 Å². The highest BCUT2D eigenvalue weighted by atomic mass is 32.1. The lowest BCUT2D eigenvalue weighted by molar-refractivity contribution is -0.116. The number of H-pyrrole nitrogens is 1. The van der Waals surface area contributed by atoms with E-state index in [1.165, 1.54) is 15.9 Å². The molecule has 3 heterocycles. The quantitative estimate of drug-likeness (QED) is 0.712. The molecule has 0 aliphatic carbocycles. The maximum absolute atomic E-state index is 12.6. The number of nitrogens with one attached hydrogen (secondary N) is 2. The first-order chi connectivity index (χ1) is 11.1. The zero-order valence-electron chi connectivity index (χ0n) is 12.3. The van der Waals surface area contributed by atoms with Gasteiger partial charge >= 0.3 is 0 Å². The Bertz CT molecular complexity index is 973. The van der Waals surface area contributed by atoms with Crippen LogP contribution in [0.2, 0.25) is 0 Å². The highest BCUT2D eigenvalue weighted by Crippen LogP contribution is 2.21. The second-order valence-electron chi connectivity index (χ2n) is 4.89. The number of pyridine rings is 1. The van der Waals surface area contributed by atoms with Crippen LogP contribution in [0.25, 0.3) is 10.2 Å². The number of amides is 1. The molecule has 0 saturated heterocycles. The van der Waals surface area contributed by atoms with Crippen molar-refractivity contribution in [2.75, 3.05) is 5.32 Å². The van der Waals surface area contributed by atoms with Crippen molar-refractivity contribution < 1.29 is 4.79 Å². The fourth-order valence-corrected chi connectivity index (χ4v) is 3.48. The number of carbonyl (C=O) groups excluding carboxylic acids is 1. The van der Waals surface area contributed by atoms with E-state index in [-0.39, 0.29) is 22.8 Å². The van der Waals surface area contributed by atoms with Gasteiger partial charge in [-0.05, 0) is 36.8 Å². The third kappa shape index (κ3) is 3.22. The highest BCUT2D eigenvalue weighted by molar-refractivity contribution is 7.71. The van der Waals surface area contributed by atoms with Crippen molar-refractivity contribution >= 4 is 45.5 Å². The third-order valence-corrected chi connectivity index (χ3v) is 4.82. The Hall–Kier alpha value is -2.32. The van der Waals surface area contributed by atoms with Crippen molar-refractivity contribution in [2.24, 2.45) is 0 Å². The highest BCUT2D eigenvalue weighted by Gasteiger charge is 2.12. The number of hydrogen-bond donors (Lipinski definition) is 2. The molecule has 6 nitrogen and oxygen atoms in total. The smallest absolute Gasteiger partial charge is 0.263 e. The maximum atomic E-state index is 12.6. The summed E-state index contributed by atoms with van der Waals surface area (Å²) in [6, 6.07) is 7.05. The van der Waals surface area contributed by atoms with Crippen molar-refractivity contribution in [1.82, 2.24) is 14.5 Å². The van der Waals surface area contributed by atoms with E-state index in [0.717, 1.165) is 16.1 Å². The number of carbonyl (C=O) groups is 1. The van der Waals surface area contributed by atoms with Crippen LogP contribution >= 0.6 is 23.6 Å². The molecule has 0 saturated carbocycles. The SMILES string of the molecule is CCc1cc2c(=O)n(CC(=O)Nc3ccccn3)c(=S)[nH]c2s1. The molecule has 3 aromatic rings. The first-order valence-electron chi connectivity index (χ1n) is 7.05. The lowest BCUT2D eigenvalue weighted by atomic mass is 10.3. The number of fused-ring (bicyclic) bond motifs is 1. The molecule has 3 rings (SSSR count). The van der Waals surface area contributed by atoms with Gasteiger partial charge in [0.1, 0.15) is 17.2 Å². The molecule has 118 valence electrons. The lowest BCUT2D eigenvalue weighted by Crippen LogP contribution is -2.28. The largest absolute Gasteiger partial charge is 0.323 e. The van der Waals surface area contributed by atoms with E-state index in [0.29, 0.717) is 11.2 Å². The van der Waals surface area contributed by atoms with Crippen LogP contribution in [0.4, 0.5) is 5.82 Å². The van der Waals surface area contributed by atoms with Crippen LogP contribution in [-0.4, -0.2) is 20.4 Å². The average molecular weight is 346 g/mol. The molecular formula is C15H14N4O2S2. The molecule has 8 heteroatoms. The van der Waals surface area contributed by atoms with Gasteiger partial charge in [-0.2, -0.15) is 0 Å². The fraction of sp³-hybridized carbons (Fsp3) is 0.200. The number of aryl methyl sites for hydroxylation is 1. The second kappa shape index (κ2) is 6.43. The minimum Gasteiger partial charge on any atom is -0.323 e. The van der Waals surface area contributed by atoms with Gasteiger partial charge in [0.25, 0.3) is 5.56 Å². The molecule has 0 atom stereocenters. The van der Waals surface area contributed by atoms with Crippen molar-refractivity contribution in [3.63, 3.8) is 0 Å². The number of nitrogens with zero attached hydrogens (tertiary/aromatic N) is 2. The monoisotopic (exact) mass is 346 g/mol. The maximum Gasteiger partial charge on any atom is 0.263 e. The fourth-order valence-electron chi connectivity index (χ4n) is 2.18. The molecule has 0 radical (unpaired) electrons. The number of hydrogen-bond acceptors (Lipinski definition) is 5. The van der Waals surface area contributed by atoms with Crippen LogP contribution in [0.5, 0.6) is 0 Å². The first-order valence-corrected chi connectivity index (χ1v) is 8.27. The summed E-state index contributed by atoms with van der Waals surface area (Å²) >= 11 is 6.72. The van der Waals surface area contributed by atoms with Gasteiger partial charge < -0.3 is 10.3 Å². The van der Waals surface area contributed by atoms with Crippen molar-refractivity contribution in [3.05, 3.63) is 50.5 Å². The van der Waals surface area contributed by atoms with Crippen LogP contribution < -0.4 is 10.9 Å². The lowest BCUT2D eigenvalue weighted by Gasteiger charge is -2.07. The van der Waals surface area contributed by atoms with E-state index in [1.807, 2.05) is 13.0 Å². The summed E-state index contributed by atoms with van der Waals surface area (Å²) in [4.78, 5) is 33.6. The zero-order chi connectivity index (χ0) is 16.4. The Morgan fingerprint density at radius 3 is 3.00 bits per heavy atom. The van der Waals surface area contributed by atoms with Gasteiger partial charge in [-0.15, -0.1) is 11.3 Å². The molecule has 0 spiro atoms. The normalized spacial score (nSPS) is 10.8. The Labute approximate surface area is 140 Å². The zero-order valence-corrected chi connectivity index (χ0v) is 14.0. The van der Waals surface area contributed by atoms with Crippen LogP contribution in [0.15, 0.2) is 35.3 Å². The summed E-state index contributed by atoms with van der Waals surface area (Å²) in [5, 5.41) is 3.20. The minimum absolute atomic E-state index is 0.155. The predicted octanol–water partition coefficient (Wildman–Crippen LogP) is 2.72. The van der Waals surface area contributed by atoms with Gasteiger partial charge in [-0.3, -0.25) is 14.2 Å². The molecule has 0 fully saturated rings. The Morgan fingerprint density at radius 2 is 2.30 bits per heavy atom. The van der Waals surface area contributed by atoms with Crippen molar-refractivity contribution in [2.45, 2.75) is 19.9 Å². The first kappa shape index (κ1) is 15.6. The molecule has 0 bridgehead atoms. The van der Waals surface area contributed by atoms with E-state index < -0.39 is 0 Å². The molecule has 0 aromatic carbocycles. The Morgan fingerprint density at radius 1 is 1.48 bits per heavy atom. The summed E-state index contributed by atoms with van der Waals surface area (Å²) < 4.78 is 1.51. The van der Waals surface area contributed by atoms with E-state index >= 15 is 0 Å². The van der Waals surface area contributed by atoms with Gasteiger partial charge in [0, 0.05) is 11.1 Å². The molecular weight excluding hydrogens is 332 g/mol. The topological polar surface area (TPSA) is 79.8 Å². The molecule has 2 N–H and O–H groups in total. The summed E-state index contributed by atoms with van der Waals surface area (Å²) in [6.45, 7) is 1.87. The van der Waals surface area contributed by atoms with Gasteiger partial charge in [0.2, 0.25) is 5.91 Å². The van der Waals surface area contributed by atoms with Gasteiger partial charge in [0.15, 0.2) is 4.77 Å². The molecule has 0 aliphatic rings. The Balaban J connectivity index is 1.92. The van der Waals surface area contributed by atoms with Gasteiger partial charge in [-0.1, -0.05) is 13.0 Å². The minimum atomic E-state index is -0.351. The van der Waals surface area contributed by atoms with Crippen molar-refractivity contribution in [3.8, 4) is 0 Å². The summed E-state index contributed by atoms with van der Waals surface area (Å²) in [5.74, 6) is 0.0842. The summed E-state index contributed by atoms with van der Waals surface area (Å²) in [7, 11) is 0. The van der Waals surface area contributed by atoms with E-state index in [1.54, 1.807) is 24.4 Å². The standard InChI is InChI=1S/C15H14N4O2S2/c1-2-9-7-10-13(23-9)18-15(22)19(14(10)21)8-12(20)17-11-5-3-4-6-16-11/h3-7H,2,8H2,1H3,(H,18,22)(H,16,17,20). The number of rotatable bonds is 4.